The Labute approximate surface area is 107 Å². The monoisotopic (exact) mass is 291 g/mol. The van der Waals surface area contributed by atoms with Crippen molar-refractivity contribution in [1.82, 2.24) is 4.98 Å². The van der Waals surface area contributed by atoms with Gasteiger partial charge in [0.25, 0.3) is 0 Å². The van der Waals surface area contributed by atoms with Crippen molar-refractivity contribution in [2.24, 2.45) is 0 Å². The summed E-state index contributed by atoms with van der Waals surface area (Å²) in [5.74, 6) is 0.133. The molecule has 0 amide bonds. The van der Waals surface area contributed by atoms with Crippen molar-refractivity contribution in [2.45, 2.75) is 0 Å². The van der Waals surface area contributed by atoms with Crippen LogP contribution in [0.2, 0.25) is 0 Å². The van der Waals surface area contributed by atoms with Crippen LogP contribution in [-0.2, 0) is 0 Å². The predicted molar refractivity (Wildman–Crippen MR) is 74.1 cm³/mol. The van der Waals surface area contributed by atoms with Crippen molar-refractivity contribution in [3.05, 3.63) is 52.8 Å². The van der Waals surface area contributed by atoms with Crippen molar-refractivity contribution in [1.29, 1.82) is 0 Å². The van der Waals surface area contributed by atoms with Gasteiger partial charge in [0.15, 0.2) is 5.43 Å². The summed E-state index contributed by atoms with van der Waals surface area (Å²) in [5.41, 5.74) is 0.828. The van der Waals surface area contributed by atoms with Gasteiger partial charge in [0.05, 0.1) is 0 Å². The van der Waals surface area contributed by atoms with Crippen LogP contribution in [0, 0.1) is 0 Å². The Hall–Kier alpha value is -1.81. The number of hydrogen-bond donors (Lipinski definition) is 2. The number of fused-ring (bicyclic) bond motifs is 2. The molecule has 2 N–H and O–H groups in total. The van der Waals surface area contributed by atoms with Crippen LogP contribution in [0.15, 0.2) is 47.4 Å². The van der Waals surface area contributed by atoms with Gasteiger partial charge < -0.3 is 10.1 Å². The molecule has 3 aromatic rings. The summed E-state index contributed by atoms with van der Waals surface area (Å²) in [5, 5.41) is 11.8. The average molecular weight is 292 g/mol. The summed E-state index contributed by atoms with van der Waals surface area (Å²) in [7, 11) is 0. The van der Waals surface area contributed by atoms with E-state index in [1.54, 1.807) is 12.1 Å². The second-order valence-electron chi connectivity index (χ2n) is 3.74. The highest BCUT2D eigenvalue weighted by molar-refractivity contribution is 8.93. The number of phenolic OH excluding ortho intramolecular Hbond substituents is 1. The van der Waals surface area contributed by atoms with Crippen LogP contribution in [0.4, 0.5) is 0 Å². The first-order valence-corrected chi connectivity index (χ1v) is 4.99. The first-order chi connectivity index (χ1) is 7.75. The summed E-state index contributed by atoms with van der Waals surface area (Å²) in [6.45, 7) is 0. The first kappa shape index (κ1) is 11.7. The third-order valence-corrected chi connectivity index (χ3v) is 2.73. The molecule has 0 atom stereocenters. The minimum absolute atomic E-state index is 0. The number of aromatic hydroxyl groups is 1. The van der Waals surface area contributed by atoms with Crippen molar-refractivity contribution in [2.75, 3.05) is 0 Å². The van der Waals surface area contributed by atoms with E-state index in [2.05, 4.69) is 4.98 Å². The highest BCUT2D eigenvalue weighted by atomic mass is 79.9. The second kappa shape index (κ2) is 4.22. The Bertz CT molecular complexity index is 749. The summed E-state index contributed by atoms with van der Waals surface area (Å²) in [4.78, 5) is 14.7. The van der Waals surface area contributed by atoms with Gasteiger partial charge in [0.2, 0.25) is 0 Å². The fourth-order valence-corrected chi connectivity index (χ4v) is 1.92. The fourth-order valence-electron chi connectivity index (χ4n) is 1.92. The molecular weight excluding hydrogens is 282 g/mol. The van der Waals surface area contributed by atoms with Crippen LogP contribution < -0.4 is 5.43 Å². The Morgan fingerprint density at radius 1 is 1.06 bits per heavy atom. The molecule has 0 radical (unpaired) electrons. The molecule has 0 aliphatic rings. The van der Waals surface area contributed by atoms with Crippen LogP contribution in [0.1, 0.15) is 0 Å². The molecule has 0 spiro atoms. The maximum atomic E-state index is 11.7. The highest BCUT2D eigenvalue weighted by Gasteiger charge is 2.04. The molecule has 2 aromatic carbocycles. The quantitative estimate of drug-likeness (QED) is 0.626. The van der Waals surface area contributed by atoms with Crippen LogP contribution >= 0.6 is 17.0 Å². The van der Waals surface area contributed by atoms with Gasteiger partial charge >= 0.3 is 0 Å². The molecule has 3 rings (SSSR count). The van der Waals surface area contributed by atoms with Crippen molar-refractivity contribution < 1.29 is 5.11 Å². The minimum atomic E-state index is -0.0708. The molecule has 86 valence electrons. The van der Waals surface area contributed by atoms with Crippen LogP contribution in [-0.4, -0.2) is 10.1 Å². The topological polar surface area (TPSA) is 53.1 Å². The van der Waals surface area contributed by atoms with Gasteiger partial charge in [-0.3, -0.25) is 4.79 Å². The zero-order chi connectivity index (χ0) is 11.1. The molecule has 0 unspecified atom stereocenters. The molecule has 3 nitrogen and oxygen atoms in total. The Kier molecular flexibility index (Phi) is 2.90. The minimum Gasteiger partial charge on any atom is -0.507 e. The van der Waals surface area contributed by atoms with Gasteiger partial charge in [0, 0.05) is 22.5 Å². The molecule has 1 heterocycles. The zero-order valence-corrected chi connectivity index (χ0v) is 10.5. The maximum absolute atomic E-state index is 11.7. The molecule has 0 aliphatic heterocycles. The fraction of sp³-hybridized carbons (Fsp3) is 0. The third-order valence-electron chi connectivity index (χ3n) is 2.73. The van der Waals surface area contributed by atoms with Gasteiger partial charge in [-0.25, -0.2) is 0 Å². The lowest BCUT2D eigenvalue weighted by Crippen LogP contribution is -1.98. The van der Waals surface area contributed by atoms with Crippen molar-refractivity contribution in [3.63, 3.8) is 0 Å². The predicted octanol–water partition coefficient (Wildman–Crippen LogP) is 2.96. The lowest BCUT2D eigenvalue weighted by molar-refractivity contribution is 0.481. The smallest absolute Gasteiger partial charge is 0.186 e. The summed E-state index contributed by atoms with van der Waals surface area (Å²) in [6.07, 6.45) is 1.81. The number of rotatable bonds is 0. The summed E-state index contributed by atoms with van der Waals surface area (Å²) in [6, 6.07) is 10.2. The van der Waals surface area contributed by atoms with Gasteiger partial charge in [-0.2, -0.15) is 0 Å². The van der Waals surface area contributed by atoms with Gasteiger partial charge in [-0.15, -0.1) is 17.0 Å². The number of aromatic amines is 1. The van der Waals surface area contributed by atoms with E-state index in [0.29, 0.717) is 10.8 Å². The van der Waals surface area contributed by atoms with Crippen LogP contribution in [0.3, 0.4) is 0 Å². The highest BCUT2D eigenvalue weighted by Crippen LogP contribution is 2.25. The number of H-pyrrole nitrogens is 1. The molecular formula is C13H10BrNO2. The van der Waals surface area contributed by atoms with Gasteiger partial charge in [-0.1, -0.05) is 6.07 Å². The summed E-state index contributed by atoms with van der Waals surface area (Å²) < 4.78 is 0. The maximum Gasteiger partial charge on any atom is 0.186 e. The standard InChI is InChI=1S/C13H9NO2.BrH/c15-12-3-4-13(16)10-7-11-8(6-9(10)12)2-1-5-14-11;/h1-7,14,16H;1H. The van der Waals surface area contributed by atoms with E-state index >= 15 is 0 Å². The zero-order valence-electron chi connectivity index (χ0n) is 8.81. The van der Waals surface area contributed by atoms with E-state index in [-0.39, 0.29) is 28.2 Å². The molecule has 0 aliphatic carbocycles. The number of halogens is 1. The first-order valence-electron chi connectivity index (χ1n) is 4.99. The lowest BCUT2D eigenvalue weighted by Gasteiger charge is -2.03. The molecule has 17 heavy (non-hydrogen) atoms. The number of hydrogen-bond acceptors (Lipinski definition) is 2. The normalized spacial score (nSPS) is 10.4. The van der Waals surface area contributed by atoms with Crippen molar-refractivity contribution >= 4 is 38.7 Å². The summed E-state index contributed by atoms with van der Waals surface area (Å²) >= 11 is 0. The number of aromatic nitrogens is 1. The molecule has 0 fully saturated rings. The molecule has 4 heteroatoms. The van der Waals surface area contributed by atoms with Crippen LogP contribution in [0.5, 0.6) is 5.75 Å². The largest absolute Gasteiger partial charge is 0.507 e. The molecule has 0 saturated heterocycles. The van der Waals surface area contributed by atoms with E-state index in [0.717, 1.165) is 10.9 Å². The van der Waals surface area contributed by atoms with Crippen LogP contribution in [0.25, 0.3) is 21.7 Å². The second-order valence-corrected chi connectivity index (χ2v) is 3.74. The number of phenols is 1. The Morgan fingerprint density at radius 2 is 1.88 bits per heavy atom. The lowest BCUT2D eigenvalue weighted by atomic mass is 10.1. The van der Waals surface area contributed by atoms with Gasteiger partial charge in [-0.05, 0) is 35.7 Å². The molecule has 0 saturated carbocycles. The van der Waals surface area contributed by atoms with E-state index in [4.69, 9.17) is 0 Å². The SMILES string of the molecule is Br.O=c1ccc(O)c2cc3[nH]cccc3cc12. The van der Waals surface area contributed by atoms with E-state index in [1.807, 2.05) is 18.3 Å². The van der Waals surface area contributed by atoms with E-state index in [9.17, 15) is 9.90 Å². The van der Waals surface area contributed by atoms with E-state index in [1.165, 1.54) is 12.1 Å². The number of benzene rings is 2. The van der Waals surface area contributed by atoms with E-state index < -0.39 is 0 Å². The Morgan fingerprint density at radius 3 is 2.71 bits per heavy atom. The number of nitrogens with one attached hydrogen (secondary N) is 1. The van der Waals surface area contributed by atoms with Crippen molar-refractivity contribution in [3.8, 4) is 5.75 Å². The number of pyridine rings is 1. The molecule has 1 aromatic heterocycles. The van der Waals surface area contributed by atoms with Gasteiger partial charge in [0.1, 0.15) is 5.75 Å². The molecule has 0 bridgehead atoms. The average Bonchev–Trinajstić information content (AvgIpc) is 2.32. The third kappa shape index (κ3) is 1.80. The Balaban J connectivity index is 0.00000108.